The van der Waals surface area contributed by atoms with Crippen LogP contribution in [0.4, 0.5) is 0 Å². The van der Waals surface area contributed by atoms with E-state index in [1.54, 1.807) is 36.4 Å². The van der Waals surface area contributed by atoms with Gasteiger partial charge in [0, 0.05) is 12.6 Å². The van der Waals surface area contributed by atoms with Gasteiger partial charge >= 0.3 is 0 Å². The smallest absolute Gasteiger partial charge is 0.243 e. The molecule has 3 rings (SSSR count). The van der Waals surface area contributed by atoms with E-state index in [1.165, 1.54) is 23.5 Å². The fraction of sp³-hybridized carbons (Fsp3) is 0.400. The van der Waals surface area contributed by atoms with Crippen molar-refractivity contribution < 1.29 is 26.3 Å². The first kappa shape index (κ1) is 21.6. The monoisotopic (exact) mass is 439 g/mol. The fourth-order valence-electron chi connectivity index (χ4n) is 3.37. The standard InChI is InChI=1S/C20H25NO6S2/c1-3-27-18-7-9-20(10-8-18)29(24,25)21(17-11-12-28(22,23)15-17)14-16-5-4-6-19(13-16)26-2/h4-10,13,17H,3,11-12,14-15H2,1-2H3/t17-/m0/s1. The van der Waals surface area contributed by atoms with Gasteiger partial charge in [0.05, 0.1) is 30.1 Å². The average Bonchev–Trinajstić information content (AvgIpc) is 3.06. The summed E-state index contributed by atoms with van der Waals surface area (Å²) >= 11 is 0. The van der Waals surface area contributed by atoms with E-state index in [-0.39, 0.29) is 29.4 Å². The van der Waals surface area contributed by atoms with Crippen molar-refractivity contribution in [2.24, 2.45) is 0 Å². The van der Waals surface area contributed by atoms with E-state index in [0.717, 1.165) is 5.56 Å². The third-order valence-corrected chi connectivity index (χ3v) is 8.49. The Labute approximate surface area is 172 Å². The van der Waals surface area contributed by atoms with Crippen LogP contribution in [0, 0.1) is 0 Å². The summed E-state index contributed by atoms with van der Waals surface area (Å²) in [5.41, 5.74) is 0.725. The zero-order chi connectivity index (χ0) is 21.1. The molecule has 0 radical (unpaired) electrons. The lowest BCUT2D eigenvalue weighted by atomic mass is 10.2. The maximum absolute atomic E-state index is 13.4. The summed E-state index contributed by atoms with van der Waals surface area (Å²) in [6.45, 7) is 2.39. The van der Waals surface area contributed by atoms with Crippen LogP contribution in [0.2, 0.25) is 0 Å². The van der Waals surface area contributed by atoms with Gasteiger partial charge in [-0.15, -0.1) is 0 Å². The number of ether oxygens (including phenoxy) is 2. The SMILES string of the molecule is CCOc1ccc(S(=O)(=O)N(Cc2cccc(OC)c2)[C@H]2CCS(=O)(=O)C2)cc1. The second-order valence-corrected chi connectivity index (χ2v) is 11.0. The summed E-state index contributed by atoms with van der Waals surface area (Å²) in [5, 5.41) is 0. The maximum Gasteiger partial charge on any atom is 0.243 e. The van der Waals surface area contributed by atoms with E-state index in [1.807, 2.05) is 6.92 Å². The molecule has 0 amide bonds. The molecule has 2 aromatic carbocycles. The minimum Gasteiger partial charge on any atom is -0.497 e. The average molecular weight is 440 g/mol. The molecule has 0 aromatic heterocycles. The second-order valence-electron chi connectivity index (χ2n) is 6.86. The van der Waals surface area contributed by atoms with E-state index < -0.39 is 25.9 Å². The second kappa shape index (κ2) is 8.73. The normalized spacial score (nSPS) is 18.7. The first-order valence-corrected chi connectivity index (χ1v) is 12.6. The molecule has 0 N–H and O–H groups in total. The Morgan fingerprint density at radius 3 is 2.41 bits per heavy atom. The number of nitrogens with zero attached hydrogens (tertiary/aromatic N) is 1. The zero-order valence-electron chi connectivity index (χ0n) is 16.4. The lowest BCUT2D eigenvalue weighted by Crippen LogP contribution is -2.40. The summed E-state index contributed by atoms with van der Waals surface area (Å²) < 4.78 is 62.8. The molecule has 7 nitrogen and oxygen atoms in total. The first-order valence-electron chi connectivity index (χ1n) is 9.33. The Morgan fingerprint density at radius 2 is 1.83 bits per heavy atom. The molecule has 1 atom stereocenters. The zero-order valence-corrected chi connectivity index (χ0v) is 18.1. The van der Waals surface area contributed by atoms with E-state index in [2.05, 4.69) is 0 Å². The van der Waals surface area contributed by atoms with Gasteiger partial charge in [0.15, 0.2) is 9.84 Å². The number of methoxy groups -OCH3 is 1. The van der Waals surface area contributed by atoms with Gasteiger partial charge < -0.3 is 9.47 Å². The number of sulfonamides is 1. The molecule has 2 aromatic rings. The Morgan fingerprint density at radius 1 is 1.10 bits per heavy atom. The first-order chi connectivity index (χ1) is 13.7. The minimum atomic E-state index is -3.91. The van der Waals surface area contributed by atoms with Crippen LogP contribution in [0.1, 0.15) is 18.9 Å². The molecular weight excluding hydrogens is 414 g/mol. The van der Waals surface area contributed by atoms with Crippen molar-refractivity contribution in [3.8, 4) is 11.5 Å². The van der Waals surface area contributed by atoms with Crippen molar-refractivity contribution in [3.63, 3.8) is 0 Å². The Hall–Kier alpha value is -2.10. The van der Waals surface area contributed by atoms with Crippen molar-refractivity contribution in [3.05, 3.63) is 54.1 Å². The Kier molecular flexibility index (Phi) is 6.50. The van der Waals surface area contributed by atoms with Gasteiger partial charge in [-0.2, -0.15) is 4.31 Å². The highest BCUT2D eigenvalue weighted by atomic mass is 32.2. The quantitative estimate of drug-likeness (QED) is 0.628. The Balaban J connectivity index is 1.96. The summed E-state index contributed by atoms with van der Waals surface area (Å²) in [6, 6.07) is 12.7. The number of benzene rings is 2. The van der Waals surface area contributed by atoms with Crippen LogP contribution in [-0.2, 0) is 26.4 Å². The highest BCUT2D eigenvalue weighted by Crippen LogP contribution is 2.28. The number of hydrogen-bond acceptors (Lipinski definition) is 6. The maximum atomic E-state index is 13.4. The molecule has 0 unspecified atom stereocenters. The van der Waals surface area contributed by atoms with Crippen LogP contribution in [-0.4, -0.2) is 52.4 Å². The lowest BCUT2D eigenvalue weighted by Gasteiger charge is -2.27. The topological polar surface area (TPSA) is 90.0 Å². The Bertz CT molecular complexity index is 1050. The molecule has 0 bridgehead atoms. The predicted molar refractivity (Wildman–Crippen MR) is 110 cm³/mol. The van der Waals surface area contributed by atoms with Gasteiger partial charge in [0.1, 0.15) is 11.5 Å². The van der Waals surface area contributed by atoms with Crippen molar-refractivity contribution in [2.45, 2.75) is 30.8 Å². The summed E-state index contributed by atoms with van der Waals surface area (Å²) in [5.74, 6) is 1.01. The number of hydrogen-bond donors (Lipinski definition) is 0. The van der Waals surface area contributed by atoms with Gasteiger partial charge in [-0.3, -0.25) is 0 Å². The molecule has 0 aliphatic carbocycles. The van der Waals surface area contributed by atoms with Gasteiger partial charge in [0.25, 0.3) is 0 Å². The van der Waals surface area contributed by atoms with Crippen molar-refractivity contribution in [1.29, 1.82) is 0 Å². The molecule has 1 saturated heterocycles. The molecule has 0 spiro atoms. The van der Waals surface area contributed by atoms with Crippen LogP contribution in [0.25, 0.3) is 0 Å². The van der Waals surface area contributed by atoms with Gasteiger partial charge in [-0.05, 0) is 55.3 Å². The molecule has 1 heterocycles. The van der Waals surface area contributed by atoms with Gasteiger partial charge in [0.2, 0.25) is 10.0 Å². The van der Waals surface area contributed by atoms with Crippen LogP contribution in [0.15, 0.2) is 53.4 Å². The highest BCUT2D eigenvalue weighted by molar-refractivity contribution is 7.92. The summed E-state index contributed by atoms with van der Waals surface area (Å²) in [6.07, 6.45) is 0.280. The number of rotatable bonds is 8. The highest BCUT2D eigenvalue weighted by Gasteiger charge is 2.38. The van der Waals surface area contributed by atoms with Crippen LogP contribution < -0.4 is 9.47 Å². The van der Waals surface area contributed by atoms with E-state index in [0.29, 0.717) is 18.1 Å². The molecule has 1 fully saturated rings. The molecule has 29 heavy (non-hydrogen) atoms. The third-order valence-electron chi connectivity index (χ3n) is 4.83. The molecule has 0 saturated carbocycles. The minimum absolute atomic E-state index is 0.00885. The van der Waals surface area contributed by atoms with E-state index >= 15 is 0 Å². The van der Waals surface area contributed by atoms with Crippen molar-refractivity contribution >= 4 is 19.9 Å². The van der Waals surface area contributed by atoms with Gasteiger partial charge in [-0.1, -0.05) is 12.1 Å². The van der Waals surface area contributed by atoms with Crippen molar-refractivity contribution in [2.75, 3.05) is 25.2 Å². The summed E-state index contributed by atoms with van der Waals surface area (Å²) in [7, 11) is -5.63. The molecule has 9 heteroatoms. The largest absolute Gasteiger partial charge is 0.497 e. The number of sulfone groups is 1. The fourth-order valence-corrected chi connectivity index (χ4v) is 6.84. The third kappa shape index (κ3) is 5.09. The van der Waals surface area contributed by atoms with Crippen molar-refractivity contribution in [1.82, 2.24) is 4.31 Å². The van der Waals surface area contributed by atoms with Crippen LogP contribution in [0.3, 0.4) is 0 Å². The van der Waals surface area contributed by atoms with Crippen LogP contribution in [0.5, 0.6) is 11.5 Å². The predicted octanol–water partition coefficient (Wildman–Crippen LogP) is 2.47. The molecular formula is C20H25NO6S2. The van der Waals surface area contributed by atoms with E-state index in [9.17, 15) is 16.8 Å². The van der Waals surface area contributed by atoms with Crippen LogP contribution >= 0.6 is 0 Å². The molecule has 158 valence electrons. The molecule has 1 aliphatic heterocycles. The summed E-state index contributed by atoms with van der Waals surface area (Å²) in [4.78, 5) is 0.105. The molecule has 1 aliphatic rings. The van der Waals surface area contributed by atoms with Gasteiger partial charge in [-0.25, -0.2) is 16.8 Å². The van der Waals surface area contributed by atoms with E-state index in [4.69, 9.17) is 9.47 Å². The lowest BCUT2D eigenvalue weighted by molar-refractivity contribution is 0.332.